The summed E-state index contributed by atoms with van der Waals surface area (Å²) in [6.45, 7) is 3.20. The number of hydrogen-bond donors (Lipinski definition) is 1. The molecule has 2 aromatic rings. The molecule has 3 rings (SSSR count). The first-order valence-corrected chi connectivity index (χ1v) is 7.80. The molecule has 0 aliphatic heterocycles. The van der Waals surface area contributed by atoms with Crippen LogP contribution in [0.2, 0.25) is 0 Å². The smallest absolute Gasteiger partial charge is 0.0991 e. The first kappa shape index (κ1) is 12.8. The van der Waals surface area contributed by atoms with Gasteiger partial charge in [-0.15, -0.1) is 11.3 Å². The average molecular weight is 273 g/mol. The van der Waals surface area contributed by atoms with Crippen LogP contribution in [0.25, 0.3) is 0 Å². The van der Waals surface area contributed by atoms with Crippen LogP contribution >= 0.6 is 11.3 Å². The second kappa shape index (κ2) is 5.80. The molecule has 1 aliphatic carbocycles. The molecule has 1 aliphatic rings. The molecule has 0 amide bonds. The monoisotopic (exact) mass is 273 g/mol. The number of aryl methyl sites for hydroxylation is 1. The van der Waals surface area contributed by atoms with Gasteiger partial charge in [0.25, 0.3) is 0 Å². The molecule has 100 valence electrons. The molecular weight excluding hydrogens is 254 g/mol. The molecule has 2 aromatic heterocycles. The number of aromatic nitrogens is 2. The summed E-state index contributed by atoms with van der Waals surface area (Å²) in [5.41, 5.74) is 2.42. The minimum absolute atomic E-state index is 0.517. The second-order valence-corrected chi connectivity index (χ2v) is 6.03. The Bertz CT molecular complexity index is 536. The third-order valence-corrected chi connectivity index (χ3v) is 4.72. The largest absolute Gasteiger partial charge is 0.309 e. The van der Waals surface area contributed by atoms with Gasteiger partial charge >= 0.3 is 0 Å². The maximum absolute atomic E-state index is 4.82. The van der Waals surface area contributed by atoms with Crippen LogP contribution in [-0.4, -0.2) is 16.5 Å². The molecule has 0 bridgehead atoms. The highest BCUT2D eigenvalue weighted by molar-refractivity contribution is 7.11. The van der Waals surface area contributed by atoms with Crippen molar-refractivity contribution < 1.29 is 0 Å². The molecule has 2 heterocycles. The van der Waals surface area contributed by atoms with Gasteiger partial charge in [0, 0.05) is 29.2 Å². The van der Waals surface area contributed by atoms with Gasteiger partial charge in [-0.3, -0.25) is 4.98 Å². The van der Waals surface area contributed by atoms with Gasteiger partial charge in [0.05, 0.1) is 10.7 Å². The van der Waals surface area contributed by atoms with Crippen molar-refractivity contribution in [3.8, 4) is 0 Å². The summed E-state index contributed by atoms with van der Waals surface area (Å²) in [5, 5.41) is 4.77. The van der Waals surface area contributed by atoms with Crippen molar-refractivity contribution >= 4 is 11.3 Å². The van der Waals surface area contributed by atoms with Gasteiger partial charge in [0.15, 0.2) is 0 Å². The third kappa shape index (κ3) is 2.85. The summed E-state index contributed by atoms with van der Waals surface area (Å²) in [6.07, 6.45) is 6.33. The van der Waals surface area contributed by atoms with Gasteiger partial charge < -0.3 is 5.32 Å². The Kier molecular flexibility index (Phi) is 3.89. The molecule has 1 N–H and O–H groups in total. The Morgan fingerprint density at radius 3 is 3.16 bits per heavy atom. The van der Waals surface area contributed by atoms with E-state index >= 15 is 0 Å². The highest BCUT2D eigenvalue weighted by Gasteiger charge is 2.23. The van der Waals surface area contributed by atoms with E-state index in [1.807, 2.05) is 29.7 Å². The fourth-order valence-electron chi connectivity index (χ4n) is 2.64. The standard InChI is InChI=1S/C15H19N3S/c1-2-16-12-7-5-8-13-15(12)19-14(18-13)10-11-6-3-4-9-17-11/h3-4,6,9,12,16H,2,5,7-8,10H2,1H3. The van der Waals surface area contributed by atoms with E-state index in [1.165, 1.54) is 28.4 Å². The number of pyridine rings is 1. The van der Waals surface area contributed by atoms with Crippen molar-refractivity contribution in [1.82, 2.24) is 15.3 Å². The van der Waals surface area contributed by atoms with Crippen molar-refractivity contribution in [2.45, 2.75) is 38.6 Å². The fourth-order valence-corrected chi connectivity index (χ4v) is 3.88. The molecule has 4 heteroatoms. The maximum atomic E-state index is 4.82. The summed E-state index contributed by atoms with van der Waals surface area (Å²) in [7, 11) is 0. The molecule has 19 heavy (non-hydrogen) atoms. The summed E-state index contributed by atoms with van der Waals surface area (Å²) in [4.78, 5) is 10.7. The quantitative estimate of drug-likeness (QED) is 0.930. The van der Waals surface area contributed by atoms with Crippen LogP contribution < -0.4 is 5.32 Å². The van der Waals surface area contributed by atoms with Crippen LogP contribution in [0.4, 0.5) is 0 Å². The molecule has 3 nitrogen and oxygen atoms in total. The summed E-state index contributed by atoms with van der Waals surface area (Å²) >= 11 is 1.86. The van der Waals surface area contributed by atoms with Crippen molar-refractivity contribution in [3.05, 3.63) is 45.7 Å². The van der Waals surface area contributed by atoms with Gasteiger partial charge in [-0.1, -0.05) is 13.0 Å². The van der Waals surface area contributed by atoms with Crippen molar-refractivity contribution in [3.63, 3.8) is 0 Å². The Labute approximate surface area is 118 Å². The number of nitrogens with zero attached hydrogens (tertiary/aromatic N) is 2. The molecule has 1 unspecified atom stereocenters. The predicted octanol–water partition coefficient (Wildman–Crippen LogP) is 3.12. The van der Waals surface area contributed by atoms with Crippen LogP contribution in [0.5, 0.6) is 0 Å². The lowest BCUT2D eigenvalue weighted by molar-refractivity contribution is 0.476. The highest BCUT2D eigenvalue weighted by Crippen LogP contribution is 2.34. The van der Waals surface area contributed by atoms with Crippen molar-refractivity contribution in [1.29, 1.82) is 0 Å². The van der Waals surface area contributed by atoms with E-state index in [2.05, 4.69) is 23.3 Å². The second-order valence-electron chi connectivity index (χ2n) is 4.92. The minimum atomic E-state index is 0.517. The first-order chi connectivity index (χ1) is 9.36. The zero-order chi connectivity index (χ0) is 13.1. The third-order valence-electron chi connectivity index (χ3n) is 3.50. The van der Waals surface area contributed by atoms with E-state index in [-0.39, 0.29) is 0 Å². The van der Waals surface area contributed by atoms with Gasteiger partial charge in [0.1, 0.15) is 0 Å². The molecule has 0 radical (unpaired) electrons. The lowest BCUT2D eigenvalue weighted by Gasteiger charge is -2.21. The topological polar surface area (TPSA) is 37.8 Å². The van der Waals surface area contributed by atoms with E-state index in [0.29, 0.717) is 6.04 Å². The maximum Gasteiger partial charge on any atom is 0.0991 e. The van der Waals surface area contributed by atoms with Crippen molar-refractivity contribution in [2.75, 3.05) is 6.54 Å². The highest BCUT2D eigenvalue weighted by atomic mass is 32.1. The average Bonchev–Trinajstić information content (AvgIpc) is 2.84. The van der Waals surface area contributed by atoms with Gasteiger partial charge in [-0.05, 0) is 37.9 Å². The number of hydrogen-bond acceptors (Lipinski definition) is 4. The van der Waals surface area contributed by atoms with Gasteiger partial charge in [-0.25, -0.2) is 4.98 Å². The number of thiazole rings is 1. The number of rotatable bonds is 4. The van der Waals surface area contributed by atoms with E-state index in [9.17, 15) is 0 Å². The normalized spacial score (nSPS) is 18.3. The Morgan fingerprint density at radius 1 is 1.42 bits per heavy atom. The molecule has 0 aromatic carbocycles. The van der Waals surface area contributed by atoms with Crippen LogP contribution in [0.1, 0.15) is 47.1 Å². The van der Waals surface area contributed by atoms with E-state index in [0.717, 1.165) is 25.1 Å². The Balaban J connectivity index is 1.81. The number of nitrogens with one attached hydrogen (secondary N) is 1. The summed E-state index contributed by atoms with van der Waals surface area (Å²) < 4.78 is 0. The molecule has 0 spiro atoms. The zero-order valence-corrected chi connectivity index (χ0v) is 12.0. The molecule has 0 saturated heterocycles. The van der Waals surface area contributed by atoms with Gasteiger partial charge in [-0.2, -0.15) is 0 Å². The Hall–Kier alpha value is -1.26. The number of fused-ring (bicyclic) bond motifs is 1. The predicted molar refractivity (Wildman–Crippen MR) is 78.5 cm³/mol. The van der Waals surface area contributed by atoms with Crippen LogP contribution in [0.15, 0.2) is 24.4 Å². The minimum Gasteiger partial charge on any atom is -0.309 e. The molecular formula is C15H19N3S. The van der Waals surface area contributed by atoms with E-state index in [1.54, 1.807) is 0 Å². The summed E-state index contributed by atoms with van der Waals surface area (Å²) in [5.74, 6) is 0. The van der Waals surface area contributed by atoms with Gasteiger partial charge in [0.2, 0.25) is 0 Å². The first-order valence-electron chi connectivity index (χ1n) is 6.98. The van der Waals surface area contributed by atoms with E-state index < -0.39 is 0 Å². The SMILES string of the molecule is CCNC1CCCc2nc(Cc3ccccn3)sc21. The fraction of sp³-hybridized carbons (Fsp3) is 0.467. The van der Waals surface area contributed by atoms with E-state index in [4.69, 9.17) is 4.98 Å². The van der Waals surface area contributed by atoms with Crippen LogP contribution in [-0.2, 0) is 12.8 Å². The van der Waals surface area contributed by atoms with Crippen molar-refractivity contribution in [2.24, 2.45) is 0 Å². The van der Waals surface area contributed by atoms with Crippen LogP contribution in [0.3, 0.4) is 0 Å². The Morgan fingerprint density at radius 2 is 2.37 bits per heavy atom. The van der Waals surface area contributed by atoms with Crippen LogP contribution in [0, 0.1) is 0 Å². The lowest BCUT2D eigenvalue weighted by atomic mass is 9.98. The summed E-state index contributed by atoms with van der Waals surface area (Å²) in [6, 6.07) is 6.58. The zero-order valence-electron chi connectivity index (χ0n) is 11.2. The molecule has 0 fully saturated rings. The lowest BCUT2D eigenvalue weighted by Crippen LogP contribution is -2.23. The molecule has 0 saturated carbocycles. The molecule has 1 atom stereocenters.